The fourth-order valence-electron chi connectivity index (χ4n) is 5.11. The molecule has 7 rings (SSSR count). The Morgan fingerprint density at radius 1 is 0.444 bits per heavy atom. The number of hydrogen-bond donors (Lipinski definition) is 0. The molecule has 1 atom stereocenters. The molecule has 1 unspecified atom stereocenters. The highest BCUT2D eigenvalue weighted by Crippen LogP contribution is 2.50. The van der Waals surface area contributed by atoms with Crippen molar-refractivity contribution in [2.45, 2.75) is 26.9 Å². The van der Waals surface area contributed by atoms with Crippen LogP contribution in [-0.4, -0.2) is 0 Å². The summed E-state index contributed by atoms with van der Waals surface area (Å²) >= 11 is 3.88. The van der Waals surface area contributed by atoms with Gasteiger partial charge in [0.05, 0.1) is 0 Å². The fourth-order valence-corrected chi connectivity index (χ4v) is 7.63. The Morgan fingerprint density at radius 3 is 1.58 bits per heavy atom. The molecule has 0 fully saturated rings. The van der Waals surface area contributed by atoms with Gasteiger partial charge in [0, 0.05) is 19.9 Å². The van der Waals surface area contributed by atoms with Gasteiger partial charge in [0.1, 0.15) is 0 Å². The molecule has 0 saturated heterocycles. The summed E-state index contributed by atoms with van der Waals surface area (Å²) < 4.78 is 0. The van der Waals surface area contributed by atoms with Crippen LogP contribution < -0.4 is 0 Å². The summed E-state index contributed by atoms with van der Waals surface area (Å²) in [5.74, 6) is 0. The number of benzene rings is 6. The minimum absolute atomic E-state index is 0.395. The molecule has 0 amide bonds. The minimum atomic E-state index is 0.395. The zero-order valence-electron chi connectivity index (χ0n) is 19.9. The monoisotopic (exact) mass is 496 g/mol. The lowest BCUT2D eigenvalue weighted by atomic mass is 10.00. The number of rotatable bonds is 2. The van der Waals surface area contributed by atoms with E-state index in [4.69, 9.17) is 0 Å². The lowest BCUT2D eigenvalue weighted by Gasteiger charge is -2.13. The Bertz CT molecular complexity index is 1770. The van der Waals surface area contributed by atoms with Crippen molar-refractivity contribution in [2.75, 3.05) is 0 Å². The van der Waals surface area contributed by atoms with Crippen LogP contribution in [0.2, 0.25) is 0 Å². The molecule has 36 heavy (non-hydrogen) atoms. The van der Waals surface area contributed by atoms with Gasteiger partial charge in [-0.3, -0.25) is 0 Å². The van der Waals surface area contributed by atoms with Gasteiger partial charge in [0.25, 0.3) is 0 Å². The third kappa shape index (κ3) is 3.91. The van der Waals surface area contributed by atoms with Crippen LogP contribution in [0.15, 0.2) is 136 Å². The Morgan fingerprint density at radius 2 is 0.944 bits per heavy atom. The zero-order valence-corrected chi connectivity index (χ0v) is 21.6. The maximum absolute atomic E-state index is 2.38. The molecule has 0 N–H and O–H groups in total. The summed E-state index contributed by atoms with van der Waals surface area (Å²) in [7, 11) is 0. The molecule has 0 nitrogen and oxygen atoms in total. The van der Waals surface area contributed by atoms with Crippen molar-refractivity contribution in [3.05, 3.63) is 127 Å². The second-order valence-electron chi connectivity index (χ2n) is 9.40. The van der Waals surface area contributed by atoms with E-state index in [0.717, 1.165) is 0 Å². The first-order valence-electron chi connectivity index (χ1n) is 12.3. The van der Waals surface area contributed by atoms with Crippen LogP contribution in [0.25, 0.3) is 43.8 Å². The van der Waals surface area contributed by atoms with E-state index in [0.29, 0.717) is 5.25 Å². The van der Waals surface area contributed by atoms with Crippen molar-refractivity contribution in [1.29, 1.82) is 0 Å². The van der Waals surface area contributed by atoms with E-state index in [9.17, 15) is 0 Å². The summed E-state index contributed by atoms with van der Waals surface area (Å²) in [6.07, 6.45) is 0. The fraction of sp³-hybridized carbons (Fsp3) is 0.0588. The normalized spacial score (nSPS) is 14.9. The van der Waals surface area contributed by atoms with Crippen molar-refractivity contribution < 1.29 is 0 Å². The lowest BCUT2D eigenvalue weighted by molar-refractivity contribution is 1.05. The molecule has 6 aromatic carbocycles. The SMILES string of the molecule is CC1Sc2cc(-c3ccc4ccccc4c3)ccc2Sc2cc(-c3ccc4ccccc4c3)ccc21. The van der Waals surface area contributed by atoms with Crippen molar-refractivity contribution in [2.24, 2.45) is 0 Å². The molecule has 2 heteroatoms. The van der Waals surface area contributed by atoms with Crippen LogP contribution >= 0.6 is 23.5 Å². The second kappa shape index (κ2) is 8.89. The minimum Gasteiger partial charge on any atom is -0.117 e. The van der Waals surface area contributed by atoms with Gasteiger partial charge in [-0.15, -0.1) is 11.8 Å². The van der Waals surface area contributed by atoms with Gasteiger partial charge in [-0.05, 0) is 86.6 Å². The zero-order chi connectivity index (χ0) is 24.1. The highest BCUT2D eigenvalue weighted by molar-refractivity contribution is 8.03. The molecule has 1 aliphatic rings. The molecule has 0 aliphatic carbocycles. The largest absolute Gasteiger partial charge is 0.117 e. The van der Waals surface area contributed by atoms with Gasteiger partial charge in [-0.25, -0.2) is 0 Å². The third-order valence-electron chi connectivity index (χ3n) is 7.08. The van der Waals surface area contributed by atoms with Crippen LogP contribution in [0.1, 0.15) is 17.7 Å². The smallest absolute Gasteiger partial charge is 0.0327 e. The van der Waals surface area contributed by atoms with Gasteiger partial charge in [-0.2, -0.15) is 0 Å². The molecule has 0 spiro atoms. The lowest BCUT2D eigenvalue weighted by Crippen LogP contribution is -1.90. The van der Waals surface area contributed by atoms with Crippen molar-refractivity contribution >= 4 is 45.1 Å². The molecular weight excluding hydrogens is 473 g/mol. The number of thioether (sulfide) groups is 1. The van der Waals surface area contributed by atoms with E-state index in [-0.39, 0.29) is 0 Å². The quantitative estimate of drug-likeness (QED) is 0.234. The van der Waals surface area contributed by atoms with E-state index in [1.54, 1.807) is 0 Å². The Labute approximate surface area is 220 Å². The van der Waals surface area contributed by atoms with Crippen LogP contribution in [0, 0.1) is 0 Å². The molecule has 1 aliphatic heterocycles. The van der Waals surface area contributed by atoms with Gasteiger partial charge in [0.15, 0.2) is 0 Å². The van der Waals surface area contributed by atoms with E-state index in [1.807, 2.05) is 23.5 Å². The second-order valence-corrected chi connectivity index (χ2v) is 11.9. The number of hydrogen-bond acceptors (Lipinski definition) is 2. The topological polar surface area (TPSA) is 0 Å². The summed E-state index contributed by atoms with van der Waals surface area (Å²) in [4.78, 5) is 4.06. The molecule has 0 radical (unpaired) electrons. The highest BCUT2D eigenvalue weighted by atomic mass is 32.2. The van der Waals surface area contributed by atoms with Crippen LogP contribution in [0.3, 0.4) is 0 Å². The molecule has 1 heterocycles. The first kappa shape index (κ1) is 21.8. The Kier molecular flexibility index (Phi) is 5.38. The van der Waals surface area contributed by atoms with Crippen molar-refractivity contribution in [3.63, 3.8) is 0 Å². The Balaban J connectivity index is 1.26. The van der Waals surface area contributed by atoms with Gasteiger partial charge in [0.2, 0.25) is 0 Å². The molecule has 172 valence electrons. The number of fused-ring (bicyclic) bond motifs is 4. The van der Waals surface area contributed by atoms with Crippen LogP contribution in [0.5, 0.6) is 0 Å². The molecular formula is C34H24S2. The molecule has 0 aromatic heterocycles. The average Bonchev–Trinajstić information content (AvgIpc) is 3.07. The van der Waals surface area contributed by atoms with E-state index in [2.05, 4.69) is 128 Å². The average molecular weight is 497 g/mol. The summed E-state index contributed by atoms with van der Waals surface area (Å²) in [6, 6.07) is 44.7. The van der Waals surface area contributed by atoms with Crippen molar-refractivity contribution in [3.8, 4) is 22.3 Å². The maximum atomic E-state index is 2.38. The Hall–Kier alpha value is -3.46. The van der Waals surface area contributed by atoms with E-state index < -0.39 is 0 Å². The first-order chi connectivity index (χ1) is 17.7. The van der Waals surface area contributed by atoms with Crippen LogP contribution in [0.4, 0.5) is 0 Å². The van der Waals surface area contributed by atoms with Gasteiger partial charge < -0.3 is 0 Å². The van der Waals surface area contributed by atoms with Gasteiger partial charge in [-0.1, -0.05) is 103 Å². The summed E-state index contributed by atoms with van der Waals surface area (Å²) in [5, 5.41) is 5.53. The molecule has 0 saturated carbocycles. The van der Waals surface area contributed by atoms with Crippen LogP contribution in [-0.2, 0) is 0 Å². The predicted molar refractivity (Wildman–Crippen MR) is 157 cm³/mol. The summed E-state index contributed by atoms with van der Waals surface area (Å²) in [6.45, 7) is 2.33. The summed E-state index contributed by atoms with van der Waals surface area (Å²) in [5.41, 5.74) is 6.52. The standard InChI is InChI=1S/C34H24S2/c1-22-31-16-14-29(27-12-10-23-6-2-4-8-25(23)18-27)20-33(31)36-32-17-15-30(21-34(32)35-22)28-13-11-24-7-3-5-9-26(24)19-28/h2-22H,1H3. The first-order valence-corrected chi connectivity index (χ1v) is 14.0. The predicted octanol–water partition coefficient (Wildman–Crippen LogP) is 10.6. The van der Waals surface area contributed by atoms with E-state index in [1.165, 1.54) is 64.0 Å². The van der Waals surface area contributed by atoms with Crippen molar-refractivity contribution in [1.82, 2.24) is 0 Å². The molecule has 6 aromatic rings. The van der Waals surface area contributed by atoms with E-state index >= 15 is 0 Å². The van der Waals surface area contributed by atoms with Gasteiger partial charge >= 0.3 is 0 Å². The molecule has 0 bridgehead atoms. The third-order valence-corrected chi connectivity index (χ3v) is 9.56. The highest BCUT2D eigenvalue weighted by Gasteiger charge is 2.21. The maximum Gasteiger partial charge on any atom is 0.0327 e.